The highest BCUT2D eigenvalue weighted by atomic mass is 35.5. The van der Waals surface area contributed by atoms with E-state index in [0.29, 0.717) is 31.9 Å². The van der Waals surface area contributed by atoms with Gasteiger partial charge in [-0.3, -0.25) is 4.79 Å². The van der Waals surface area contributed by atoms with E-state index in [1.165, 1.54) is 16.4 Å². The molecule has 156 valence electrons. The molecule has 29 heavy (non-hydrogen) atoms. The van der Waals surface area contributed by atoms with Crippen LogP contribution in [0.1, 0.15) is 6.92 Å². The molecule has 1 atom stereocenters. The van der Waals surface area contributed by atoms with E-state index in [1.54, 1.807) is 26.2 Å². The lowest BCUT2D eigenvalue weighted by atomic mass is 10.2. The van der Waals surface area contributed by atoms with Crippen molar-refractivity contribution >= 4 is 38.9 Å². The summed E-state index contributed by atoms with van der Waals surface area (Å²) >= 11 is 5.73. The van der Waals surface area contributed by atoms with Crippen molar-refractivity contribution in [3.63, 3.8) is 0 Å². The second-order valence-electron chi connectivity index (χ2n) is 6.69. The van der Waals surface area contributed by atoms with Gasteiger partial charge in [0.25, 0.3) is 0 Å². The van der Waals surface area contributed by atoms with Crippen molar-refractivity contribution in [2.24, 2.45) is 0 Å². The summed E-state index contributed by atoms with van der Waals surface area (Å²) < 4.78 is 32.8. The molecule has 1 fully saturated rings. The maximum absolute atomic E-state index is 13.0. The van der Waals surface area contributed by atoms with Crippen LogP contribution in [0.15, 0.2) is 53.4 Å². The minimum atomic E-state index is -3.61. The molecule has 0 unspecified atom stereocenters. The number of benzene rings is 2. The molecule has 1 amide bonds. The molecule has 1 heterocycles. The molecule has 1 N–H and O–H groups in total. The Bertz CT molecular complexity index is 956. The molecule has 0 bridgehead atoms. The Balaban J connectivity index is 1.67. The minimum Gasteiger partial charge on any atom is -0.495 e. The van der Waals surface area contributed by atoms with Crippen molar-refractivity contribution in [2.75, 3.05) is 43.5 Å². The number of hydrogen-bond acceptors (Lipinski definition) is 5. The van der Waals surface area contributed by atoms with E-state index in [9.17, 15) is 13.2 Å². The van der Waals surface area contributed by atoms with Crippen LogP contribution in [0.2, 0.25) is 0 Å². The van der Waals surface area contributed by atoms with E-state index in [0.717, 1.165) is 11.4 Å². The molecule has 0 saturated carbocycles. The number of sulfonamides is 1. The van der Waals surface area contributed by atoms with Gasteiger partial charge in [-0.2, -0.15) is 4.31 Å². The first-order chi connectivity index (χ1) is 13.8. The van der Waals surface area contributed by atoms with Gasteiger partial charge >= 0.3 is 0 Å². The average Bonchev–Trinajstić information content (AvgIpc) is 2.74. The van der Waals surface area contributed by atoms with Crippen molar-refractivity contribution < 1.29 is 17.9 Å². The van der Waals surface area contributed by atoms with Crippen molar-refractivity contribution in [1.82, 2.24) is 4.31 Å². The Kier molecular flexibility index (Phi) is 6.66. The highest BCUT2D eigenvalue weighted by Crippen LogP contribution is 2.29. The number of ether oxygens (including phenoxy) is 1. The molecule has 0 spiro atoms. The summed E-state index contributed by atoms with van der Waals surface area (Å²) in [4.78, 5) is 14.0. The summed E-state index contributed by atoms with van der Waals surface area (Å²) in [6.07, 6.45) is 0. The zero-order valence-electron chi connectivity index (χ0n) is 16.3. The van der Waals surface area contributed by atoms with Crippen molar-refractivity contribution in [1.29, 1.82) is 0 Å². The minimum absolute atomic E-state index is 0.195. The zero-order chi connectivity index (χ0) is 21.0. The molecular formula is C20H24ClN3O4S. The number of para-hydroxylation sites is 2. The van der Waals surface area contributed by atoms with Gasteiger partial charge in [-0.15, -0.1) is 11.6 Å². The largest absolute Gasteiger partial charge is 0.495 e. The number of carbonyl (C=O) groups excluding carboxylic acids is 1. The Labute approximate surface area is 176 Å². The monoisotopic (exact) mass is 437 g/mol. The number of halogens is 1. The number of alkyl halides is 1. The summed E-state index contributed by atoms with van der Waals surface area (Å²) in [5.74, 6) is 0.433. The van der Waals surface area contributed by atoms with Crippen LogP contribution >= 0.6 is 11.6 Å². The van der Waals surface area contributed by atoms with Gasteiger partial charge in [0, 0.05) is 31.9 Å². The van der Waals surface area contributed by atoms with Gasteiger partial charge in [0.15, 0.2) is 0 Å². The van der Waals surface area contributed by atoms with Gasteiger partial charge < -0.3 is 15.0 Å². The Hall–Kier alpha value is -2.29. The molecule has 1 aliphatic rings. The SMILES string of the molecule is COc1ccccc1N1CCN(S(=O)(=O)c2ccc(NC(=O)[C@H](C)Cl)cc2)CC1. The van der Waals surface area contributed by atoms with Crippen LogP contribution < -0.4 is 15.0 Å². The number of methoxy groups -OCH3 is 1. The van der Waals surface area contributed by atoms with Gasteiger partial charge in [-0.05, 0) is 43.3 Å². The van der Waals surface area contributed by atoms with E-state index in [-0.39, 0.29) is 10.8 Å². The molecule has 2 aromatic carbocycles. The van der Waals surface area contributed by atoms with E-state index in [1.807, 2.05) is 24.3 Å². The first-order valence-electron chi connectivity index (χ1n) is 9.26. The number of anilines is 2. The summed E-state index contributed by atoms with van der Waals surface area (Å²) in [6, 6.07) is 13.8. The number of hydrogen-bond donors (Lipinski definition) is 1. The number of nitrogens with zero attached hydrogens (tertiary/aromatic N) is 2. The predicted octanol–water partition coefficient (Wildman–Crippen LogP) is 2.77. The van der Waals surface area contributed by atoms with Crippen molar-refractivity contribution in [3.05, 3.63) is 48.5 Å². The molecule has 0 radical (unpaired) electrons. The number of piperazine rings is 1. The van der Waals surface area contributed by atoms with Crippen LogP contribution in [0.5, 0.6) is 5.75 Å². The fraction of sp³-hybridized carbons (Fsp3) is 0.350. The predicted molar refractivity (Wildman–Crippen MR) is 114 cm³/mol. The lowest BCUT2D eigenvalue weighted by Gasteiger charge is -2.35. The quantitative estimate of drug-likeness (QED) is 0.703. The van der Waals surface area contributed by atoms with Gasteiger partial charge in [-0.1, -0.05) is 12.1 Å². The molecule has 3 rings (SSSR count). The standard InChI is InChI=1S/C20H24ClN3O4S/c1-15(21)20(25)22-16-7-9-17(10-8-16)29(26,27)24-13-11-23(12-14-24)18-5-3-4-6-19(18)28-2/h3-10,15H,11-14H2,1-2H3,(H,22,25)/t15-/m0/s1. The van der Waals surface area contributed by atoms with Crippen molar-refractivity contribution in [2.45, 2.75) is 17.2 Å². The fourth-order valence-electron chi connectivity index (χ4n) is 3.16. The topological polar surface area (TPSA) is 79.0 Å². The number of carbonyl (C=O) groups is 1. The summed E-state index contributed by atoms with van der Waals surface area (Å²) in [7, 11) is -1.98. The van der Waals surface area contributed by atoms with E-state index in [2.05, 4.69) is 10.2 Å². The molecule has 2 aromatic rings. The van der Waals surface area contributed by atoms with Gasteiger partial charge in [-0.25, -0.2) is 8.42 Å². The molecule has 0 aliphatic carbocycles. The Morgan fingerprint density at radius 2 is 1.69 bits per heavy atom. The van der Waals surface area contributed by atoms with Crippen LogP contribution in [0.3, 0.4) is 0 Å². The van der Waals surface area contributed by atoms with Gasteiger partial charge in [0.05, 0.1) is 17.7 Å². The zero-order valence-corrected chi connectivity index (χ0v) is 17.9. The summed E-state index contributed by atoms with van der Waals surface area (Å²) in [5, 5.41) is 1.97. The molecule has 9 heteroatoms. The number of nitrogens with one attached hydrogen (secondary N) is 1. The molecule has 1 saturated heterocycles. The second-order valence-corrected chi connectivity index (χ2v) is 9.29. The fourth-order valence-corrected chi connectivity index (χ4v) is 4.64. The number of amides is 1. The average molecular weight is 438 g/mol. The van der Waals surface area contributed by atoms with Crippen LogP contribution in [0.4, 0.5) is 11.4 Å². The third kappa shape index (κ3) is 4.83. The van der Waals surface area contributed by atoms with E-state index >= 15 is 0 Å². The van der Waals surface area contributed by atoms with Crippen LogP contribution in [-0.2, 0) is 14.8 Å². The summed E-state index contributed by atoms with van der Waals surface area (Å²) in [6.45, 7) is 3.47. The highest BCUT2D eigenvalue weighted by Gasteiger charge is 2.29. The maximum atomic E-state index is 13.0. The van der Waals surface area contributed by atoms with Gasteiger partial charge in [0.2, 0.25) is 15.9 Å². The smallest absolute Gasteiger partial charge is 0.243 e. The lowest BCUT2D eigenvalue weighted by Crippen LogP contribution is -2.48. The molecule has 7 nitrogen and oxygen atoms in total. The maximum Gasteiger partial charge on any atom is 0.243 e. The van der Waals surface area contributed by atoms with Crippen LogP contribution in [-0.4, -0.2) is 57.3 Å². The van der Waals surface area contributed by atoms with Crippen LogP contribution in [0, 0.1) is 0 Å². The molecule has 1 aliphatic heterocycles. The Morgan fingerprint density at radius 3 is 2.28 bits per heavy atom. The Morgan fingerprint density at radius 1 is 1.07 bits per heavy atom. The first kappa shape index (κ1) is 21.4. The normalized spacial score (nSPS) is 16.3. The van der Waals surface area contributed by atoms with E-state index < -0.39 is 15.4 Å². The number of rotatable bonds is 6. The molecular weight excluding hydrogens is 414 g/mol. The van der Waals surface area contributed by atoms with E-state index in [4.69, 9.17) is 16.3 Å². The van der Waals surface area contributed by atoms with Gasteiger partial charge in [0.1, 0.15) is 11.1 Å². The third-order valence-corrected chi connectivity index (χ3v) is 6.90. The summed E-state index contributed by atoms with van der Waals surface area (Å²) in [5.41, 5.74) is 1.46. The highest BCUT2D eigenvalue weighted by molar-refractivity contribution is 7.89. The third-order valence-electron chi connectivity index (χ3n) is 4.79. The first-order valence-corrected chi connectivity index (χ1v) is 11.1. The lowest BCUT2D eigenvalue weighted by molar-refractivity contribution is -0.115. The van der Waals surface area contributed by atoms with Crippen molar-refractivity contribution in [3.8, 4) is 5.75 Å². The van der Waals surface area contributed by atoms with Crippen LogP contribution in [0.25, 0.3) is 0 Å². The molecule has 0 aromatic heterocycles. The second kappa shape index (κ2) is 9.02.